The summed E-state index contributed by atoms with van der Waals surface area (Å²) in [7, 11) is 0. The van der Waals surface area contributed by atoms with E-state index in [0.717, 1.165) is 5.00 Å². The number of hydrogen-bond acceptors (Lipinski definition) is 6. The Morgan fingerprint density at radius 1 is 1.38 bits per heavy atom. The Labute approximate surface area is 183 Å². The summed E-state index contributed by atoms with van der Waals surface area (Å²) in [5, 5.41) is 24.0. The smallest absolute Gasteiger partial charge is 0.262 e. The van der Waals surface area contributed by atoms with Crippen LogP contribution in [0.4, 0.5) is 5.00 Å². The van der Waals surface area contributed by atoms with E-state index >= 15 is 0 Å². The molecule has 0 radical (unpaired) electrons. The Bertz CT molecular complexity index is 936. The molecule has 1 aliphatic rings. The van der Waals surface area contributed by atoms with Crippen LogP contribution in [0.5, 0.6) is 0 Å². The molecule has 3 rings (SSSR count). The van der Waals surface area contributed by atoms with Crippen molar-refractivity contribution < 1.29 is 14.6 Å². The van der Waals surface area contributed by atoms with Gasteiger partial charge in [0, 0.05) is 25.2 Å². The van der Waals surface area contributed by atoms with Crippen LogP contribution in [0, 0.1) is 11.3 Å². The molecule has 0 bridgehead atoms. The lowest BCUT2D eigenvalue weighted by Crippen LogP contribution is -2.36. The number of amides is 1. The van der Waals surface area contributed by atoms with Gasteiger partial charge in [-0.2, -0.15) is 5.26 Å². The van der Waals surface area contributed by atoms with Gasteiger partial charge in [-0.1, -0.05) is 36.2 Å². The Balaban J connectivity index is 2.09. The molecule has 0 saturated carbocycles. The number of nitrogens with zero attached hydrogens (tertiary/aromatic N) is 2. The maximum absolute atomic E-state index is 13.0. The molecule has 1 atom stereocenters. The van der Waals surface area contributed by atoms with Gasteiger partial charge in [0.15, 0.2) is 0 Å². The molecule has 2 N–H and O–H groups in total. The van der Waals surface area contributed by atoms with E-state index in [0.29, 0.717) is 64.3 Å². The molecule has 1 fully saturated rings. The van der Waals surface area contributed by atoms with Gasteiger partial charge in [-0.3, -0.25) is 4.79 Å². The van der Waals surface area contributed by atoms with Crippen LogP contribution in [-0.2, 0) is 4.74 Å². The minimum atomic E-state index is -0.624. The summed E-state index contributed by atoms with van der Waals surface area (Å²) in [5.41, 5.74) is 1.60. The van der Waals surface area contributed by atoms with Crippen LogP contribution < -0.4 is 10.2 Å². The number of morpholine rings is 1. The summed E-state index contributed by atoms with van der Waals surface area (Å²) in [4.78, 5) is 15.4. The van der Waals surface area contributed by atoms with Crippen molar-refractivity contribution >= 4 is 45.4 Å². The van der Waals surface area contributed by atoms with Crippen LogP contribution in [-0.4, -0.2) is 50.0 Å². The minimum Gasteiger partial charge on any atom is -0.391 e. The fourth-order valence-corrected chi connectivity index (χ4v) is 4.57. The molecule has 1 aliphatic heterocycles. The minimum absolute atomic E-state index is 0.142. The summed E-state index contributed by atoms with van der Waals surface area (Å²) < 4.78 is 5.41. The van der Waals surface area contributed by atoms with Crippen molar-refractivity contribution in [2.45, 2.75) is 19.4 Å². The second-order valence-corrected chi connectivity index (χ2v) is 8.41. The first-order chi connectivity index (χ1) is 14.0. The molecule has 1 aromatic carbocycles. The number of halogens is 2. The van der Waals surface area contributed by atoms with E-state index in [4.69, 9.17) is 27.9 Å². The Morgan fingerprint density at radius 2 is 2.10 bits per heavy atom. The number of carbonyl (C=O) groups excluding carboxylic acids is 1. The van der Waals surface area contributed by atoms with Crippen molar-refractivity contribution in [3.05, 3.63) is 38.7 Å². The predicted molar refractivity (Wildman–Crippen MR) is 116 cm³/mol. The van der Waals surface area contributed by atoms with Crippen LogP contribution in [0.25, 0.3) is 11.1 Å². The highest BCUT2D eigenvalue weighted by molar-refractivity contribution is 7.18. The summed E-state index contributed by atoms with van der Waals surface area (Å²) >= 11 is 13.5. The second-order valence-electron chi connectivity index (χ2n) is 6.60. The normalized spacial score (nSPS) is 15.1. The number of aliphatic hydroxyl groups is 1. The Hall–Kier alpha value is -1.82. The molecular weight excluding hydrogens is 433 g/mol. The average molecular weight is 454 g/mol. The number of anilines is 1. The number of ether oxygens (including phenoxy) is 1. The van der Waals surface area contributed by atoms with E-state index in [9.17, 15) is 15.2 Å². The molecule has 0 spiro atoms. The van der Waals surface area contributed by atoms with Crippen LogP contribution in [0.1, 0.15) is 28.6 Å². The van der Waals surface area contributed by atoms with E-state index in [1.807, 2.05) is 6.92 Å². The second kappa shape index (κ2) is 9.79. The van der Waals surface area contributed by atoms with Crippen molar-refractivity contribution in [1.82, 2.24) is 5.32 Å². The number of nitriles is 1. The number of aliphatic hydroxyl groups excluding tert-OH is 1. The molecular formula is C20H21Cl2N3O3S. The van der Waals surface area contributed by atoms with Crippen LogP contribution in [0.2, 0.25) is 10.0 Å². The van der Waals surface area contributed by atoms with Crippen molar-refractivity contribution in [2.75, 3.05) is 37.7 Å². The average Bonchev–Trinajstić information content (AvgIpc) is 3.14. The molecule has 9 heteroatoms. The first-order valence-corrected chi connectivity index (χ1v) is 10.8. The molecule has 0 aliphatic carbocycles. The number of nitrogens with one attached hydrogen (secondary N) is 1. The van der Waals surface area contributed by atoms with E-state index in [-0.39, 0.29) is 12.5 Å². The highest BCUT2D eigenvalue weighted by Crippen LogP contribution is 2.43. The third-order valence-corrected chi connectivity index (χ3v) is 6.67. The molecule has 2 aromatic rings. The number of hydrogen-bond donors (Lipinski definition) is 2. The predicted octanol–water partition coefficient (Wildman–Crippen LogP) is 3.93. The Morgan fingerprint density at radius 3 is 2.72 bits per heavy atom. The van der Waals surface area contributed by atoms with Gasteiger partial charge in [0.25, 0.3) is 5.91 Å². The summed E-state index contributed by atoms with van der Waals surface area (Å²) in [6.07, 6.45) is -0.0891. The summed E-state index contributed by atoms with van der Waals surface area (Å²) in [5.74, 6) is -0.334. The van der Waals surface area contributed by atoms with E-state index in [1.54, 1.807) is 18.2 Å². The zero-order chi connectivity index (χ0) is 21.0. The molecule has 1 saturated heterocycles. The van der Waals surface area contributed by atoms with Crippen molar-refractivity contribution in [3.8, 4) is 17.2 Å². The topological polar surface area (TPSA) is 85.6 Å². The van der Waals surface area contributed by atoms with E-state index in [2.05, 4.69) is 16.3 Å². The van der Waals surface area contributed by atoms with Crippen molar-refractivity contribution in [1.29, 1.82) is 5.26 Å². The number of thiophene rings is 1. The highest BCUT2D eigenvalue weighted by atomic mass is 35.5. The van der Waals surface area contributed by atoms with Gasteiger partial charge in [0.05, 0.1) is 34.9 Å². The standard InChI is InChI=1S/C20H21Cl2N3O3S/c1-2-13(26)11-24-19(27)18-17(12-3-4-15(21)16(22)9-12)14(10-23)20(29-18)25-5-7-28-8-6-25/h3-4,9,13,26H,2,5-8,11H2,1H3,(H,24,27). The van der Waals surface area contributed by atoms with E-state index < -0.39 is 6.10 Å². The van der Waals surface area contributed by atoms with Gasteiger partial charge in [-0.25, -0.2) is 0 Å². The van der Waals surface area contributed by atoms with Gasteiger partial charge in [-0.15, -0.1) is 11.3 Å². The Kier molecular flexibility index (Phi) is 7.38. The van der Waals surface area contributed by atoms with Gasteiger partial charge in [-0.05, 0) is 24.1 Å². The van der Waals surface area contributed by atoms with Crippen molar-refractivity contribution in [2.24, 2.45) is 0 Å². The SMILES string of the molecule is CCC(O)CNC(=O)c1sc(N2CCOCC2)c(C#N)c1-c1ccc(Cl)c(Cl)c1. The third-order valence-electron chi connectivity index (χ3n) is 4.68. The maximum Gasteiger partial charge on any atom is 0.262 e. The lowest BCUT2D eigenvalue weighted by atomic mass is 10.0. The fourth-order valence-electron chi connectivity index (χ4n) is 3.03. The van der Waals surface area contributed by atoms with Gasteiger partial charge >= 0.3 is 0 Å². The molecule has 1 amide bonds. The lowest BCUT2D eigenvalue weighted by molar-refractivity contribution is 0.0918. The first-order valence-electron chi connectivity index (χ1n) is 9.27. The third kappa shape index (κ3) is 4.85. The monoisotopic (exact) mass is 453 g/mol. The van der Waals surface area contributed by atoms with Gasteiger partial charge in [0.1, 0.15) is 15.9 Å². The molecule has 6 nitrogen and oxygen atoms in total. The number of carbonyl (C=O) groups is 1. The van der Waals surface area contributed by atoms with Crippen LogP contribution in [0.15, 0.2) is 18.2 Å². The van der Waals surface area contributed by atoms with Crippen molar-refractivity contribution in [3.63, 3.8) is 0 Å². The van der Waals surface area contributed by atoms with Gasteiger partial charge < -0.3 is 20.1 Å². The fraction of sp³-hybridized carbons (Fsp3) is 0.400. The molecule has 1 aromatic heterocycles. The van der Waals surface area contributed by atoms with Crippen LogP contribution >= 0.6 is 34.5 Å². The largest absolute Gasteiger partial charge is 0.391 e. The molecule has 1 unspecified atom stereocenters. The summed E-state index contributed by atoms with van der Waals surface area (Å²) in [6, 6.07) is 7.32. The number of benzene rings is 1. The first kappa shape index (κ1) is 21.9. The maximum atomic E-state index is 13.0. The number of rotatable bonds is 6. The van der Waals surface area contributed by atoms with E-state index in [1.165, 1.54) is 11.3 Å². The molecule has 29 heavy (non-hydrogen) atoms. The molecule has 154 valence electrons. The van der Waals surface area contributed by atoms with Gasteiger partial charge in [0.2, 0.25) is 0 Å². The van der Waals surface area contributed by atoms with Crippen LogP contribution in [0.3, 0.4) is 0 Å². The zero-order valence-electron chi connectivity index (χ0n) is 15.9. The summed E-state index contributed by atoms with van der Waals surface area (Å²) in [6.45, 7) is 4.40. The lowest BCUT2D eigenvalue weighted by Gasteiger charge is -2.27. The zero-order valence-corrected chi connectivity index (χ0v) is 18.2. The quantitative estimate of drug-likeness (QED) is 0.691. The molecule has 2 heterocycles. The highest BCUT2D eigenvalue weighted by Gasteiger charge is 2.28.